The van der Waals surface area contributed by atoms with E-state index in [1.807, 2.05) is 0 Å². The van der Waals surface area contributed by atoms with Gasteiger partial charge in [-0.15, -0.1) is 0 Å². The number of carbonyl (C=O) groups is 2. The standard InChI is InChI=1S/C9H14O3/c1-6(5-9(11)12)4-7(2)8(3)10/h5,7H,4H2,1-3H3,(H,11,12)/b6-5-. The third-order valence-corrected chi connectivity index (χ3v) is 1.69. The first-order chi connectivity index (χ1) is 5.43. The first kappa shape index (κ1) is 10.9. The fraction of sp³-hybridized carbons (Fsp3) is 0.556. The van der Waals surface area contributed by atoms with Crippen LogP contribution in [0, 0.1) is 5.92 Å². The van der Waals surface area contributed by atoms with Crippen LogP contribution >= 0.6 is 0 Å². The van der Waals surface area contributed by atoms with Crippen molar-refractivity contribution in [2.75, 3.05) is 0 Å². The van der Waals surface area contributed by atoms with E-state index >= 15 is 0 Å². The number of rotatable bonds is 4. The van der Waals surface area contributed by atoms with Crippen LogP contribution in [0.4, 0.5) is 0 Å². The van der Waals surface area contributed by atoms with Gasteiger partial charge in [0, 0.05) is 12.0 Å². The topological polar surface area (TPSA) is 54.4 Å². The summed E-state index contributed by atoms with van der Waals surface area (Å²) in [4.78, 5) is 21.0. The number of ketones is 1. The van der Waals surface area contributed by atoms with Gasteiger partial charge in [0.05, 0.1) is 0 Å². The Labute approximate surface area is 72.1 Å². The summed E-state index contributed by atoms with van der Waals surface area (Å²) in [5.74, 6) is -0.947. The molecule has 0 aliphatic rings. The van der Waals surface area contributed by atoms with Gasteiger partial charge in [0.1, 0.15) is 5.78 Å². The quantitative estimate of drug-likeness (QED) is 0.652. The highest BCUT2D eigenvalue weighted by atomic mass is 16.4. The third-order valence-electron chi connectivity index (χ3n) is 1.69. The van der Waals surface area contributed by atoms with Crippen molar-refractivity contribution in [1.29, 1.82) is 0 Å². The molecule has 3 nitrogen and oxygen atoms in total. The Morgan fingerprint density at radius 1 is 1.42 bits per heavy atom. The number of hydrogen-bond acceptors (Lipinski definition) is 2. The van der Waals surface area contributed by atoms with Crippen LogP contribution in [0.15, 0.2) is 11.6 Å². The molecule has 0 heterocycles. The SMILES string of the molecule is CC(=O)C(C)C/C(C)=C\C(=O)O. The molecule has 1 unspecified atom stereocenters. The maximum absolute atomic E-state index is 10.8. The van der Waals surface area contributed by atoms with E-state index in [4.69, 9.17) is 5.11 Å². The van der Waals surface area contributed by atoms with Crippen LogP contribution in [0.25, 0.3) is 0 Å². The number of carboxylic acid groups (broad SMARTS) is 1. The van der Waals surface area contributed by atoms with Gasteiger partial charge in [-0.25, -0.2) is 4.79 Å². The number of aliphatic carboxylic acids is 1. The summed E-state index contributed by atoms with van der Waals surface area (Å²) in [5.41, 5.74) is 0.727. The molecule has 12 heavy (non-hydrogen) atoms. The Morgan fingerprint density at radius 2 is 1.92 bits per heavy atom. The second-order valence-electron chi connectivity index (χ2n) is 3.04. The second-order valence-corrected chi connectivity index (χ2v) is 3.04. The molecular formula is C9H14O3. The Balaban J connectivity index is 4.09. The summed E-state index contributed by atoms with van der Waals surface area (Å²) in [5, 5.41) is 8.37. The fourth-order valence-electron chi connectivity index (χ4n) is 0.896. The molecule has 1 atom stereocenters. The first-order valence-corrected chi connectivity index (χ1v) is 3.84. The van der Waals surface area contributed by atoms with E-state index in [1.54, 1.807) is 13.8 Å². The molecule has 0 bridgehead atoms. The minimum Gasteiger partial charge on any atom is -0.478 e. The molecule has 0 rings (SSSR count). The number of carbonyl (C=O) groups excluding carboxylic acids is 1. The molecule has 0 aromatic rings. The maximum atomic E-state index is 10.8. The summed E-state index contributed by atoms with van der Waals surface area (Å²) < 4.78 is 0. The molecule has 0 aliphatic heterocycles. The van der Waals surface area contributed by atoms with Gasteiger partial charge in [0.25, 0.3) is 0 Å². The summed E-state index contributed by atoms with van der Waals surface area (Å²) in [6, 6.07) is 0. The second kappa shape index (κ2) is 4.70. The summed E-state index contributed by atoms with van der Waals surface area (Å²) in [7, 11) is 0. The number of allylic oxidation sites excluding steroid dienone is 1. The number of hydrogen-bond donors (Lipinski definition) is 1. The van der Waals surface area contributed by atoms with Gasteiger partial charge in [-0.05, 0) is 20.3 Å². The van der Waals surface area contributed by atoms with Gasteiger partial charge in [-0.3, -0.25) is 4.79 Å². The van der Waals surface area contributed by atoms with Gasteiger partial charge in [-0.1, -0.05) is 12.5 Å². The van der Waals surface area contributed by atoms with Crippen LogP contribution in [-0.4, -0.2) is 16.9 Å². The van der Waals surface area contributed by atoms with Crippen LogP contribution in [0.2, 0.25) is 0 Å². The minimum atomic E-state index is -0.955. The van der Waals surface area contributed by atoms with Gasteiger partial charge >= 0.3 is 5.97 Å². The summed E-state index contributed by atoms with van der Waals surface area (Å²) in [6.07, 6.45) is 1.67. The molecule has 3 heteroatoms. The lowest BCUT2D eigenvalue weighted by atomic mass is 9.99. The Hall–Kier alpha value is -1.12. The molecule has 0 aliphatic carbocycles. The van der Waals surface area contributed by atoms with Crippen molar-refractivity contribution in [2.45, 2.75) is 27.2 Å². The fourth-order valence-corrected chi connectivity index (χ4v) is 0.896. The molecule has 0 radical (unpaired) electrons. The van der Waals surface area contributed by atoms with E-state index in [9.17, 15) is 9.59 Å². The zero-order valence-electron chi connectivity index (χ0n) is 7.63. The Morgan fingerprint density at radius 3 is 2.25 bits per heavy atom. The van der Waals surface area contributed by atoms with E-state index in [2.05, 4.69) is 0 Å². The predicted octanol–water partition coefficient (Wildman–Crippen LogP) is 1.63. The molecule has 0 saturated heterocycles. The smallest absolute Gasteiger partial charge is 0.328 e. The zero-order chi connectivity index (χ0) is 9.72. The highest BCUT2D eigenvalue weighted by Gasteiger charge is 2.08. The highest BCUT2D eigenvalue weighted by molar-refractivity contribution is 5.81. The molecule has 68 valence electrons. The lowest BCUT2D eigenvalue weighted by Crippen LogP contribution is -2.06. The van der Waals surface area contributed by atoms with Crippen LogP contribution in [0.1, 0.15) is 27.2 Å². The lowest BCUT2D eigenvalue weighted by molar-refractivity contribution is -0.131. The number of Topliss-reactive ketones (excluding diaryl/α,β-unsaturated/α-hetero) is 1. The van der Waals surface area contributed by atoms with Crippen LogP contribution in [0.5, 0.6) is 0 Å². The van der Waals surface area contributed by atoms with Crippen molar-refractivity contribution >= 4 is 11.8 Å². The molecule has 0 saturated carbocycles. The van der Waals surface area contributed by atoms with E-state index in [0.717, 1.165) is 11.6 Å². The molecule has 0 aromatic heterocycles. The normalized spacial score (nSPS) is 14.1. The van der Waals surface area contributed by atoms with Gasteiger partial charge in [0.15, 0.2) is 0 Å². The van der Waals surface area contributed by atoms with Crippen molar-refractivity contribution in [3.8, 4) is 0 Å². The largest absolute Gasteiger partial charge is 0.478 e. The van der Waals surface area contributed by atoms with E-state index in [0.29, 0.717) is 6.42 Å². The Kier molecular flexibility index (Phi) is 4.26. The maximum Gasteiger partial charge on any atom is 0.328 e. The lowest BCUT2D eigenvalue weighted by Gasteiger charge is -2.05. The monoisotopic (exact) mass is 170 g/mol. The highest BCUT2D eigenvalue weighted by Crippen LogP contribution is 2.11. The van der Waals surface area contributed by atoms with Crippen LogP contribution < -0.4 is 0 Å². The minimum absolute atomic E-state index is 0.0828. The van der Waals surface area contributed by atoms with Crippen LogP contribution in [0.3, 0.4) is 0 Å². The molecule has 0 amide bonds. The third kappa shape index (κ3) is 4.66. The molecule has 1 N–H and O–H groups in total. The average Bonchev–Trinajstić information content (AvgIpc) is 1.84. The van der Waals surface area contributed by atoms with Crippen molar-refractivity contribution in [1.82, 2.24) is 0 Å². The van der Waals surface area contributed by atoms with Crippen molar-refractivity contribution in [3.63, 3.8) is 0 Å². The summed E-state index contributed by atoms with van der Waals surface area (Å²) in [6.45, 7) is 5.02. The average molecular weight is 170 g/mol. The summed E-state index contributed by atoms with van der Waals surface area (Å²) >= 11 is 0. The zero-order valence-corrected chi connectivity index (χ0v) is 7.63. The molecular weight excluding hydrogens is 156 g/mol. The van der Waals surface area contributed by atoms with Crippen molar-refractivity contribution < 1.29 is 14.7 Å². The van der Waals surface area contributed by atoms with Gasteiger partial charge in [0.2, 0.25) is 0 Å². The molecule has 0 aromatic carbocycles. The van der Waals surface area contributed by atoms with Crippen LogP contribution in [-0.2, 0) is 9.59 Å². The van der Waals surface area contributed by atoms with Crippen molar-refractivity contribution in [2.24, 2.45) is 5.92 Å². The van der Waals surface area contributed by atoms with Crippen molar-refractivity contribution in [3.05, 3.63) is 11.6 Å². The molecule has 0 fully saturated rings. The predicted molar refractivity (Wildman–Crippen MR) is 45.9 cm³/mol. The van der Waals surface area contributed by atoms with Gasteiger partial charge in [-0.2, -0.15) is 0 Å². The Bertz CT molecular complexity index is 216. The van der Waals surface area contributed by atoms with E-state index in [1.165, 1.54) is 6.92 Å². The van der Waals surface area contributed by atoms with Gasteiger partial charge < -0.3 is 5.11 Å². The van der Waals surface area contributed by atoms with E-state index in [-0.39, 0.29) is 11.7 Å². The molecule has 0 spiro atoms. The van der Waals surface area contributed by atoms with E-state index < -0.39 is 5.97 Å². The first-order valence-electron chi connectivity index (χ1n) is 3.84. The number of carboxylic acids is 1.